The predicted molar refractivity (Wildman–Crippen MR) is 239 cm³/mol. The van der Waals surface area contributed by atoms with Gasteiger partial charge in [0.2, 0.25) is 0 Å². The van der Waals surface area contributed by atoms with Crippen molar-refractivity contribution in [1.29, 1.82) is 0 Å². The fraction of sp³-hybridized carbons (Fsp3) is 0.0556. The maximum Gasteiger partial charge on any atom is 0.167 e. The average molecular weight is 758 g/mol. The number of hydrogen-bond donors (Lipinski definition) is 0. The molecule has 12 rings (SSSR count). The van der Waals surface area contributed by atoms with Crippen molar-refractivity contribution in [3.05, 3.63) is 187 Å². The first kappa shape index (κ1) is 33.5. The van der Waals surface area contributed by atoms with Crippen LogP contribution >= 0.6 is 0 Å². The van der Waals surface area contributed by atoms with E-state index in [4.69, 9.17) is 23.8 Å². The van der Waals surface area contributed by atoms with Crippen molar-refractivity contribution in [3.8, 4) is 67.5 Å². The second-order valence-corrected chi connectivity index (χ2v) is 15.9. The van der Waals surface area contributed by atoms with Gasteiger partial charge in [-0.25, -0.2) is 15.0 Å². The topological polar surface area (TPSA) is 65.0 Å². The van der Waals surface area contributed by atoms with Crippen LogP contribution in [0.2, 0.25) is 0 Å². The van der Waals surface area contributed by atoms with Gasteiger partial charge in [-0.1, -0.05) is 153 Å². The monoisotopic (exact) mass is 757 g/mol. The van der Waals surface area contributed by atoms with Crippen molar-refractivity contribution in [1.82, 2.24) is 15.0 Å². The molecule has 0 unspecified atom stereocenters. The molecule has 0 N–H and O–H groups in total. The summed E-state index contributed by atoms with van der Waals surface area (Å²) in [5, 5.41) is 4.04. The maximum absolute atomic E-state index is 6.59. The third-order valence-electron chi connectivity index (χ3n) is 12.1. The van der Waals surface area contributed by atoms with Crippen LogP contribution in [0, 0.1) is 0 Å². The Morgan fingerprint density at radius 2 is 0.983 bits per heavy atom. The second kappa shape index (κ2) is 12.7. The normalized spacial score (nSPS) is 13.1. The maximum atomic E-state index is 6.59. The number of furan rings is 2. The van der Waals surface area contributed by atoms with Crippen molar-refractivity contribution in [2.24, 2.45) is 0 Å². The molecule has 0 aliphatic heterocycles. The van der Waals surface area contributed by atoms with Gasteiger partial charge in [-0.05, 0) is 80.9 Å². The average Bonchev–Trinajstić information content (AvgIpc) is 3.94. The molecule has 5 heteroatoms. The van der Waals surface area contributed by atoms with Crippen LogP contribution < -0.4 is 0 Å². The van der Waals surface area contributed by atoms with E-state index in [0.717, 1.165) is 77.3 Å². The Labute approximate surface area is 340 Å². The molecule has 11 aromatic rings. The lowest BCUT2D eigenvalue weighted by molar-refractivity contribution is 0.662. The SMILES string of the molecule is CC1(C)c2ccccc2-c2cccc(-c3ccc4oc5cccc(-c6nc(-c7cccc(-c8ccccc8)c7)nc(-c7cccc8c7oc7ccccc78)n6)c5c4c3)c21. The standard InChI is InChI=1S/C54H35N3O2/c1-54(2)44-25-8-6-18-37(44)39-21-11-20-36(49(39)54)34-28-29-46-43(31-34)48-41(23-13-27-47(48)58-46)52-55-51(35-17-10-16-33(30-35)32-14-4-3-5-15-32)56-53(57-52)42-24-12-22-40-38-19-7-9-26-45(38)59-50(40)42/h3-31H,1-2H3. The molecule has 0 radical (unpaired) electrons. The highest BCUT2D eigenvalue weighted by molar-refractivity contribution is 6.13. The summed E-state index contributed by atoms with van der Waals surface area (Å²) in [7, 11) is 0. The van der Waals surface area contributed by atoms with Gasteiger partial charge in [-0.15, -0.1) is 0 Å². The number of fused-ring (bicyclic) bond motifs is 9. The molecule has 0 atom stereocenters. The number of aromatic nitrogens is 3. The van der Waals surface area contributed by atoms with Crippen LogP contribution in [0.5, 0.6) is 0 Å². The largest absolute Gasteiger partial charge is 0.456 e. The van der Waals surface area contributed by atoms with E-state index < -0.39 is 0 Å². The zero-order valence-electron chi connectivity index (χ0n) is 32.4. The minimum atomic E-state index is -0.153. The zero-order chi connectivity index (χ0) is 39.2. The first-order chi connectivity index (χ1) is 29.0. The summed E-state index contributed by atoms with van der Waals surface area (Å²) in [4.78, 5) is 15.7. The van der Waals surface area contributed by atoms with Crippen LogP contribution in [0.1, 0.15) is 25.0 Å². The molecule has 0 amide bonds. The van der Waals surface area contributed by atoms with Crippen LogP contribution in [0.3, 0.4) is 0 Å². The third-order valence-corrected chi connectivity index (χ3v) is 12.1. The van der Waals surface area contributed by atoms with Crippen LogP contribution in [-0.2, 0) is 5.41 Å². The fourth-order valence-electron chi connectivity index (χ4n) is 9.41. The zero-order valence-corrected chi connectivity index (χ0v) is 32.4. The van der Waals surface area contributed by atoms with Gasteiger partial charge < -0.3 is 8.83 Å². The van der Waals surface area contributed by atoms with E-state index in [1.54, 1.807) is 0 Å². The molecule has 5 nitrogen and oxygen atoms in total. The predicted octanol–water partition coefficient (Wildman–Crippen LogP) is 14.3. The van der Waals surface area contributed by atoms with Gasteiger partial charge in [-0.2, -0.15) is 0 Å². The molecule has 3 heterocycles. The molecular weight excluding hydrogens is 723 g/mol. The van der Waals surface area contributed by atoms with E-state index >= 15 is 0 Å². The van der Waals surface area contributed by atoms with Crippen LogP contribution in [0.15, 0.2) is 185 Å². The lowest BCUT2D eigenvalue weighted by Crippen LogP contribution is -2.16. The van der Waals surface area contributed by atoms with Gasteiger partial charge >= 0.3 is 0 Å². The lowest BCUT2D eigenvalue weighted by atomic mass is 9.79. The van der Waals surface area contributed by atoms with Gasteiger partial charge in [0.15, 0.2) is 17.5 Å². The Bertz CT molecular complexity index is 3480. The number of para-hydroxylation sites is 2. The third kappa shape index (κ3) is 5.14. The number of nitrogens with zero attached hydrogens (tertiary/aromatic N) is 3. The molecular formula is C54H35N3O2. The molecule has 0 spiro atoms. The Hall–Kier alpha value is -7.63. The summed E-state index contributed by atoms with van der Waals surface area (Å²) >= 11 is 0. The molecule has 1 aliphatic carbocycles. The van der Waals surface area contributed by atoms with Gasteiger partial charge in [0, 0.05) is 38.1 Å². The van der Waals surface area contributed by atoms with Crippen molar-refractivity contribution in [2.45, 2.75) is 19.3 Å². The van der Waals surface area contributed by atoms with Gasteiger partial charge in [0.1, 0.15) is 22.3 Å². The Kier molecular flexibility index (Phi) is 7.20. The second-order valence-electron chi connectivity index (χ2n) is 15.9. The molecule has 3 aromatic heterocycles. The van der Waals surface area contributed by atoms with E-state index in [0.29, 0.717) is 17.5 Å². The molecule has 8 aromatic carbocycles. The summed E-state index contributed by atoms with van der Waals surface area (Å²) in [6, 6.07) is 61.3. The highest BCUT2D eigenvalue weighted by Crippen LogP contribution is 2.52. The quantitative estimate of drug-likeness (QED) is 0.175. The Morgan fingerprint density at radius 1 is 0.373 bits per heavy atom. The highest BCUT2D eigenvalue weighted by Gasteiger charge is 2.37. The van der Waals surface area contributed by atoms with Gasteiger partial charge in [0.25, 0.3) is 0 Å². The summed E-state index contributed by atoms with van der Waals surface area (Å²) < 4.78 is 13.1. The highest BCUT2D eigenvalue weighted by atomic mass is 16.3. The van der Waals surface area contributed by atoms with E-state index in [-0.39, 0.29) is 5.41 Å². The summed E-state index contributed by atoms with van der Waals surface area (Å²) in [5.74, 6) is 1.66. The van der Waals surface area contributed by atoms with Crippen molar-refractivity contribution in [3.63, 3.8) is 0 Å². The Balaban J connectivity index is 1.08. The van der Waals surface area contributed by atoms with E-state index in [1.807, 2.05) is 48.5 Å². The molecule has 0 fully saturated rings. The van der Waals surface area contributed by atoms with Gasteiger partial charge in [0.05, 0.1) is 5.56 Å². The van der Waals surface area contributed by atoms with Crippen LogP contribution in [0.4, 0.5) is 0 Å². The molecule has 0 bridgehead atoms. The molecule has 0 saturated carbocycles. The number of benzene rings is 8. The smallest absolute Gasteiger partial charge is 0.167 e. The molecule has 278 valence electrons. The first-order valence-corrected chi connectivity index (χ1v) is 20.0. The first-order valence-electron chi connectivity index (χ1n) is 20.0. The van der Waals surface area contributed by atoms with E-state index in [2.05, 4.69) is 141 Å². The van der Waals surface area contributed by atoms with Crippen LogP contribution in [0.25, 0.3) is 111 Å². The summed E-state index contributed by atoms with van der Waals surface area (Å²) in [6.07, 6.45) is 0. The summed E-state index contributed by atoms with van der Waals surface area (Å²) in [5.41, 5.74) is 15.4. The summed E-state index contributed by atoms with van der Waals surface area (Å²) in [6.45, 7) is 4.67. The van der Waals surface area contributed by atoms with Gasteiger partial charge in [-0.3, -0.25) is 0 Å². The Morgan fingerprint density at radius 3 is 1.90 bits per heavy atom. The molecule has 0 saturated heterocycles. The lowest BCUT2D eigenvalue weighted by Gasteiger charge is -2.24. The van der Waals surface area contributed by atoms with Crippen molar-refractivity contribution >= 4 is 43.9 Å². The number of rotatable bonds is 5. The minimum Gasteiger partial charge on any atom is -0.456 e. The number of hydrogen-bond acceptors (Lipinski definition) is 5. The minimum absolute atomic E-state index is 0.153. The molecule has 59 heavy (non-hydrogen) atoms. The van der Waals surface area contributed by atoms with E-state index in [1.165, 1.54) is 27.8 Å². The van der Waals surface area contributed by atoms with Crippen molar-refractivity contribution < 1.29 is 8.83 Å². The molecule has 1 aliphatic rings. The van der Waals surface area contributed by atoms with E-state index in [9.17, 15) is 0 Å². The van der Waals surface area contributed by atoms with Crippen LogP contribution in [-0.4, -0.2) is 15.0 Å². The fourth-order valence-corrected chi connectivity index (χ4v) is 9.41. The van der Waals surface area contributed by atoms with Crippen molar-refractivity contribution in [2.75, 3.05) is 0 Å².